The van der Waals surface area contributed by atoms with Crippen molar-refractivity contribution in [3.8, 4) is 0 Å². The van der Waals surface area contributed by atoms with E-state index in [-0.39, 0.29) is 6.42 Å². The van der Waals surface area contributed by atoms with Crippen LogP contribution < -0.4 is 10.2 Å². The lowest BCUT2D eigenvalue weighted by molar-refractivity contribution is -0.139. The number of para-hydroxylation sites is 1. The van der Waals surface area contributed by atoms with Crippen molar-refractivity contribution in [2.75, 3.05) is 19.1 Å². The number of esters is 2. The zero-order valence-corrected chi connectivity index (χ0v) is 16.4. The SMILES string of the molecule is COC(=O)CC1=C(C(=O)OC)[C@@H](c2ccccc2)NC(=S)N1c1ccccc1. The highest BCUT2D eigenvalue weighted by molar-refractivity contribution is 7.80. The van der Waals surface area contributed by atoms with Crippen LogP contribution in [0.15, 0.2) is 71.9 Å². The minimum absolute atomic E-state index is 0.124. The molecule has 1 aliphatic heterocycles. The molecule has 2 aromatic rings. The average molecular weight is 396 g/mol. The molecule has 1 N–H and O–H groups in total. The van der Waals surface area contributed by atoms with Gasteiger partial charge in [-0.15, -0.1) is 0 Å². The van der Waals surface area contributed by atoms with Crippen molar-refractivity contribution in [1.82, 2.24) is 5.32 Å². The zero-order valence-electron chi connectivity index (χ0n) is 15.5. The van der Waals surface area contributed by atoms with Crippen molar-refractivity contribution in [2.24, 2.45) is 0 Å². The largest absolute Gasteiger partial charge is 0.469 e. The highest BCUT2D eigenvalue weighted by atomic mass is 32.1. The van der Waals surface area contributed by atoms with Crippen LogP contribution in [0.2, 0.25) is 0 Å². The van der Waals surface area contributed by atoms with Gasteiger partial charge in [-0.25, -0.2) is 4.79 Å². The molecule has 28 heavy (non-hydrogen) atoms. The lowest BCUT2D eigenvalue weighted by Gasteiger charge is -2.38. The molecular formula is C21H20N2O4S. The number of nitrogens with zero attached hydrogens (tertiary/aromatic N) is 1. The Morgan fingerprint density at radius 2 is 1.61 bits per heavy atom. The van der Waals surface area contributed by atoms with Gasteiger partial charge in [-0.1, -0.05) is 48.5 Å². The summed E-state index contributed by atoms with van der Waals surface area (Å²) in [5, 5.41) is 3.60. The van der Waals surface area contributed by atoms with Crippen LogP contribution in [0, 0.1) is 0 Å². The lowest BCUT2D eigenvalue weighted by Crippen LogP contribution is -2.49. The standard InChI is InChI=1S/C21H20N2O4S/c1-26-17(24)13-16-18(20(25)27-2)19(14-9-5-3-6-10-14)22-21(28)23(16)15-11-7-4-8-12-15/h3-12,19H,13H2,1-2H3,(H,22,28)/t19-/m1/s1. The molecule has 0 saturated carbocycles. The van der Waals surface area contributed by atoms with E-state index in [0.717, 1.165) is 11.3 Å². The predicted molar refractivity (Wildman–Crippen MR) is 110 cm³/mol. The highest BCUT2D eigenvalue weighted by Crippen LogP contribution is 2.35. The monoisotopic (exact) mass is 396 g/mol. The van der Waals surface area contributed by atoms with E-state index in [2.05, 4.69) is 5.32 Å². The summed E-state index contributed by atoms with van der Waals surface area (Å²) in [4.78, 5) is 26.6. The van der Waals surface area contributed by atoms with Crippen LogP contribution in [0.25, 0.3) is 0 Å². The number of carbonyl (C=O) groups is 2. The van der Waals surface area contributed by atoms with Crippen molar-refractivity contribution in [3.05, 3.63) is 77.5 Å². The molecule has 1 heterocycles. The maximum atomic E-state index is 12.8. The summed E-state index contributed by atoms with van der Waals surface area (Å²) in [7, 11) is 2.62. The molecule has 2 aromatic carbocycles. The van der Waals surface area contributed by atoms with E-state index in [9.17, 15) is 9.59 Å². The first kappa shape index (κ1) is 19.6. The molecule has 0 bridgehead atoms. The molecular weight excluding hydrogens is 376 g/mol. The first-order valence-electron chi connectivity index (χ1n) is 8.65. The summed E-state index contributed by atoms with van der Waals surface area (Å²) in [6.45, 7) is 0. The Morgan fingerprint density at radius 1 is 1.00 bits per heavy atom. The van der Waals surface area contributed by atoms with Gasteiger partial charge >= 0.3 is 11.9 Å². The molecule has 0 saturated heterocycles. The van der Waals surface area contributed by atoms with Crippen LogP contribution in [-0.2, 0) is 19.1 Å². The van der Waals surface area contributed by atoms with Gasteiger partial charge in [-0.05, 0) is 29.9 Å². The minimum Gasteiger partial charge on any atom is -0.469 e. The quantitative estimate of drug-likeness (QED) is 0.615. The van der Waals surface area contributed by atoms with Gasteiger partial charge in [0.2, 0.25) is 0 Å². The maximum Gasteiger partial charge on any atom is 0.338 e. The summed E-state index contributed by atoms with van der Waals surface area (Å²) in [5.41, 5.74) is 2.31. The van der Waals surface area contributed by atoms with Gasteiger partial charge in [0.1, 0.15) is 0 Å². The van der Waals surface area contributed by atoms with Crippen LogP contribution in [0.5, 0.6) is 0 Å². The second kappa shape index (κ2) is 8.67. The Bertz CT molecular complexity index is 913. The molecule has 0 amide bonds. The smallest absolute Gasteiger partial charge is 0.338 e. The van der Waals surface area contributed by atoms with Gasteiger partial charge in [-0.3, -0.25) is 9.69 Å². The number of benzene rings is 2. The van der Waals surface area contributed by atoms with Crippen molar-refractivity contribution >= 4 is 35.0 Å². The van der Waals surface area contributed by atoms with Crippen LogP contribution >= 0.6 is 12.2 Å². The van der Waals surface area contributed by atoms with Crippen LogP contribution in [0.1, 0.15) is 18.0 Å². The summed E-state index contributed by atoms with van der Waals surface area (Å²) in [6, 6.07) is 18.2. The molecule has 7 heteroatoms. The third-order valence-corrected chi connectivity index (χ3v) is 4.73. The van der Waals surface area contributed by atoms with E-state index in [1.54, 1.807) is 4.90 Å². The molecule has 0 aromatic heterocycles. The lowest BCUT2D eigenvalue weighted by atomic mass is 9.93. The molecule has 1 aliphatic rings. The van der Waals surface area contributed by atoms with Gasteiger partial charge in [0.05, 0.1) is 32.3 Å². The van der Waals surface area contributed by atoms with Gasteiger partial charge < -0.3 is 14.8 Å². The molecule has 0 aliphatic carbocycles. The number of nitrogens with one attached hydrogen (secondary N) is 1. The van der Waals surface area contributed by atoms with Gasteiger partial charge in [0.15, 0.2) is 5.11 Å². The number of hydrogen-bond acceptors (Lipinski definition) is 5. The predicted octanol–water partition coefficient (Wildman–Crippen LogP) is 3.11. The molecule has 1 atom stereocenters. The number of thiocarbonyl (C=S) groups is 1. The fourth-order valence-corrected chi connectivity index (χ4v) is 3.48. The highest BCUT2D eigenvalue weighted by Gasteiger charge is 2.37. The number of methoxy groups -OCH3 is 2. The number of rotatable bonds is 5. The fourth-order valence-electron chi connectivity index (χ4n) is 3.14. The number of ether oxygens (including phenoxy) is 2. The molecule has 144 valence electrons. The number of carbonyl (C=O) groups excluding carboxylic acids is 2. The van der Waals surface area contributed by atoms with Crippen LogP contribution in [0.4, 0.5) is 5.69 Å². The van der Waals surface area contributed by atoms with Crippen LogP contribution in [-0.4, -0.2) is 31.3 Å². The second-order valence-electron chi connectivity index (χ2n) is 6.07. The van der Waals surface area contributed by atoms with Crippen molar-refractivity contribution in [1.29, 1.82) is 0 Å². The fraction of sp³-hybridized carbons (Fsp3) is 0.190. The van der Waals surface area contributed by atoms with Crippen LogP contribution in [0.3, 0.4) is 0 Å². The average Bonchev–Trinajstić information content (AvgIpc) is 2.74. The number of anilines is 1. The Hall–Kier alpha value is -3.19. The summed E-state index contributed by atoms with van der Waals surface area (Å²) < 4.78 is 9.91. The molecule has 6 nitrogen and oxygen atoms in total. The number of hydrogen-bond donors (Lipinski definition) is 1. The maximum absolute atomic E-state index is 12.8. The molecule has 0 fully saturated rings. The van der Waals surface area contributed by atoms with Gasteiger partial charge in [0.25, 0.3) is 0 Å². The molecule has 0 radical (unpaired) electrons. The minimum atomic E-state index is -0.541. The first-order chi connectivity index (χ1) is 13.6. The van der Waals surface area contributed by atoms with Gasteiger partial charge in [-0.2, -0.15) is 0 Å². The van der Waals surface area contributed by atoms with E-state index in [0.29, 0.717) is 16.4 Å². The summed E-state index contributed by atoms with van der Waals surface area (Å²) in [5.74, 6) is -1.02. The molecule has 0 spiro atoms. The van der Waals surface area contributed by atoms with E-state index >= 15 is 0 Å². The van der Waals surface area contributed by atoms with E-state index in [1.807, 2.05) is 60.7 Å². The van der Waals surface area contributed by atoms with E-state index in [1.165, 1.54) is 14.2 Å². The Balaban J connectivity index is 2.23. The summed E-state index contributed by atoms with van der Waals surface area (Å²) >= 11 is 5.60. The first-order valence-corrected chi connectivity index (χ1v) is 9.06. The third kappa shape index (κ3) is 3.89. The van der Waals surface area contributed by atoms with E-state index < -0.39 is 18.0 Å². The van der Waals surface area contributed by atoms with Gasteiger partial charge in [0, 0.05) is 11.4 Å². The topological polar surface area (TPSA) is 67.9 Å². The normalized spacial score (nSPS) is 16.4. The molecule has 0 unspecified atom stereocenters. The van der Waals surface area contributed by atoms with Crippen molar-refractivity contribution in [2.45, 2.75) is 12.5 Å². The zero-order chi connectivity index (χ0) is 20.1. The molecule has 3 rings (SSSR count). The Morgan fingerprint density at radius 3 is 2.18 bits per heavy atom. The van der Waals surface area contributed by atoms with Crippen molar-refractivity contribution in [3.63, 3.8) is 0 Å². The van der Waals surface area contributed by atoms with E-state index in [4.69, 9.17) is 21.7 Å². The second-order valence-corrected chi connectivity index (χ2v) is 6.46. The Kier molecular flexibility index (Phi) is 6.06. The Labute approximate surface area is 168 Å². The van der Waals surface area contributed by atoms with Crippen molar-refractivity contribution < 1.29 is 19.1 Å². The summed E-state index contributed by atoms with van der Waals surface area (Å²) in [6.07, 6.45) is -0.124. The third-order valence-electron chi connectivity index (χ3n) is 4.43.